The van der Waals surface area contributed by atoms with Crippen molar-refractivity contribution in [2.45, 2.75) is 40.0 Å². The van der Waals surface area contributed by atoms with Crippen LogP contribution in [0, 0.1) is 22.6 Å². The van der Waals surface area contributed by atoms with Crippen LogP contribution in [0.4, 0.5) is 4.39 Å². The van der Waals surface area contributed by atoms with Crippen molar-refractivity contribution in [3.63, 3.8) is 0 Å². The number of rotatable bonds is 5. The van der Waals surface area contributed by atoms with E-state index < -0.39 is 5.91 Å². The van der Waals surface area contributed by atoms with Crippen LogP contribution in [0.2, 0.25) is 0 Å². The number of nitrogens with one attached hydrogen (secondary N) is 1. The van der Waals surface area contributed by atoms with Crippen LogP contribution >= 0.6 is 0 Å². The molecule has 0 saturated heterocycles. The lowest BCUT2D eigenvalue weighted by atomic mass is 9.70. The number of carbonyl (C=O) groups is 1. The Hall–Kier alpha value is -2.44. The van der Waals surface area contributed by atoms with E-state index in [2.05, 4.69) is 36.5 Å². The number of nitrogens with two attached hydrogens (primary N) is 1. The van der Waals surface area contributed by atoms with Gasteiger partial charge in [-0.15, -0.1) is 0 Å². The summed E-state index contributed by atoms with van der Waals surface area (Å²) in [4.78, 5) is 16.9. The largest absolute Gasteiger partial charge is 0.384 e. The Kier molecular flexibility index (Phi) is 4.73. The van der Waals surface area contributed by atoms with Crippen molar-refractivity contribution in [1.29, 1.82) is 0 Å². The van der Waals surface area contributed by atoms with Crippen LogP contribution in [-0.4, -0.2) is 24.1 Å². The number of hydrazone groups is 1. The van der Waals surface area contributed by atoms with Crippen molar-refractivity contribution in [3.05, 3.63) is 35.6 Å². The first-order valence-electron chi connectivity index (χ1n) is 8.81. The monoisotopic (exact) mass is 360 g/mol. The molecule has 7 heteroatoms. The summed E-state index contributed by atoms with van der Waals surface area (Å²) in [6, 6.07) is 5.53. The molecule has 0 radical (unpaired) electrons. The lowest BCUT2D eigenvalue weighted by Gasteiger charge is -2.34. The van der Waals surface area contributed by atoms with Gasteiger partial charge in [0.05, 0.1) is 0 Å². The molecule has 2 aliphatic rings. The zero-order chi connectivity index (χ0) is 18.9. The highest BCUT2D eigenvalue weighted by Gasteiger charge is 2.59. The first-order chi connectivity index (χ1) is 12.2. The van der Waals surface area contributed by atoms with Crippen LogP contribution in [0.5, 0.6) is 0 Å². The molecule has 0 aliphatic heterocycles. The molecule has 2 atom stereocenters. The number of halogens is 1. The standard InChI is InChI=1S/C19H25FN4O2/c1-18(2)13-8-9-19(18,3)15(10-13)22-23-16(25)11-26-24-17(21)12-4-6-14(20)7-5-12/h4-7,13H,8-11H2,1-3H3,(H2,21,24)(H,23,25). The first-order valence-corrected chi connectivity index (χ1v) is 8.81. The maximum absolute atomic E-state index is 12.9. The van der Waals surface area contributed by atoms with Crippen LogP contribution < -0.4 is 11.2 Å². The maximum Gasteiger partial charge on any atom is 0.280 e. The Bertz CT molecular complexity index is 757. The molecule has 0 aromatic heterocycles. The van der Waals surface area contributed by atoms with Gasteiger partial charge in [0.1, 0.15) is 5.82 Å². The van der Waals surface area contributed by atoms with Gasteiger partial charge in [0.2, 0.25) is 0 Å². The van der Waals surface area contributed by atoms with Gasteiger partial charge in [0.25, 0.3) is 5.91 Å². The molecule has 6 nitrogen and oxygen atoms in total. The second-order valence-electron chi connectivity index (χ2n) is 7.84. The van der Waals surface area contributed by atoms with Gasteiger partial charge in [-0.1, -0.05) is 25.9 Å². The number of carbonyl (C=O) groups excluding carboxylic acids is 1. The van der Waals surface area contributed by atoms with E-state index in [1.54, 1.807) is 0 Å². The zero-order valence-corrected chi connectivity index (χ0v) is 15.4. The van der Waals surface area contributed by atoms with Gasteiger partial charge in [0, 0.05) is 16.7 Å². The van der Waals surface area contributed by atoms with E-state index in [4.69, 9.17) is 10.6 Å². The molecule has 26 heavy (non-hydrogen) atoms. The van der Waals surface area contributed by atoms with E-state index in [9.17, 15) is 9.18 Å². The normalized spacial score (nSPS) is 28.4. The van der Waals surface area contributed by atoms with Crippen LogP contribution in [0.25, 0.3) is 0 Å². The predicted octanol–water partition coefficient (Wildman–Crippen LogP) is 2.78. The summed E-state index contributed by atoms with van der Waals surface area (Å²) in [6.07, 6.45) is 3.26. The molecule has 0 heterocycles. The Labute approximate surface area is 152 Å². The van der Waals surface area contributed by atoms with Crippen LogP contribution in [0.3, 0.4) is 0 Å². The van der Waals surface area contributed by atoms with Crippen molar-refractivity contribution in [3.8, 4) is 0 Å². The number of amides is 1. The third kappa shape index (κ3) is 3.18. The smallest absolute Gasteiger partial charge is 0.280 e. The second kappa shape index (κ2) is 6.70. The number of amidine groups is 1. The van der Waals surface area contributed by atoms with E-state index in [0.717, 1.165) is 18.6 Å². The third-order valence-electron chi connectivity index (χ3n) is 6.33. The number of nitrogens with zero attached hydrogens (tertiary/aromatic N) is 2. The first kappa shape index (κ1) is 18.4. The van der Waals surface area contributed by atoms with E-state index in [1.807, 2.05) is 0 Å². The van der Waals surface area contributed by atoms with Gasteiger partial charge in [-0.2, -0.15) is 5.10 Å². The number of hydrogen-bond donors (Lipinski definition) is 2. The van der Waals surface area contributed by atoms with Crippen molar-refractivity contribution in [2.24, 2.45) is 32.7 Å². The summed E-state index contributed by atoms with van der Waals surface area (Å²) in [5.41, 5.74) is 10.1. The molecule has 1 aromatic carbocycles. The third-order valence-corrected chi connectivity index (χ3v) is 6.33. The van der Waals surface area contributed by atoms with Crippen molar-refractivity contribution in [2.75, 3.05) is 6.61 Å². The highest BCUT2D eigenvalue weighted by Crippen LogP contribution is 2.63. The summed E-state index contributed by atoms with van der Waals surface area (Å²) in [7, 11) is 0. The van der Waals surface area contributed by atoms with Gasteiger partial charge in [-0.3, -0.25) is 4.79 Å². The van der Waals surface area contributed by atoms with E-state index in [-0.39, 0.29) is 29.1 Å². The fraction of sp³-hybridized carbons (Fsp3) is 0.526. The minimum absolute atomic E-state index is 0.0387. The molecule has 1 aromatic rings. The van der Waals surface area contributed by atoms with Crippen molar-refractivity contribution < 1.29 is 14.0 Å². The molecular weight excluding hydrogens is 335 g/mol. The van der Waals surface area contributed by atoms with Crippen LogP contribution in [-0.2, 0) is 9.63 Å². The minimum atomic E-state index is -0.391. The van der Waals surface area contributed by atoms with Gasteiger partial charge in [0.15, 0.2) is 12.4 Å². The lowest BCUT2D eigenvalue weighted by Crippen LogP contribution is -2.34. The molecule has 2 aliphatic carbocycles. The van der Waals surface area contributed by atoms with Gasteiger partial charge in [-0.05, 0) is 54.9 Å². The molecule has 0 spiro atoms. The Morgan fingerprint density at radius 2 is 2.04 bits per heavy atom. The molecule has 1 amide bonds. The molecule has 2 unspecified atom stereocenters. The quantitative estimate of drug-likeness (QED) is 0.481. The number of benzene rings is 1. The molecular formula is C19H25FN4O2. The van der Waals surface area contributed by atoms with E-state index >= 15 is 0 Å². The average molecular weight is 360 g/mol. The topological polar surface area (TPSA) is 89.1 Å². The van der Waals surface area contributed by atoms with E-state index in [0.29, 0.717) is 11.5 Å². The summed E-state index contributed by atoms with van der Waals surface area (Å²) in [6.45, 7) is 6.51. The Morgan fingerprint density at radius 1 is 1.35 bits per heavy atom. The van der Waals surface area contributed by atoms with Crippen LogP contribution in [0.1, 0.15) is 45.6 Å². The van der Waals surface area contributed by atoms with Gasteiger partial charge < -0.3 is 10.6 Å². The molecule has 2 bridgehead atoms. The average Bonchev–Trinajstić information content (AvgIpc) is 2.93. The highest BCUT2D eigenvalue weighted by molar-refractivity contribution is 5.97. The molecule has 3 N–H and O–H groups in total. The fourth-order valence-corrected chi connectivity index (χ4v) is 4.09. The van der Waals surface area contributed by atoms with E-state index in [1.165, 1.54) is 30.7 Å². The van der Waals surface area contributed by atoms with Crippen molar-refractivity contribution >= 4 is 17.5 Å². The fourth-order valence-electron chi connectivity index (χ4n) is 4.09. The SMILES string of the molecule is CC12CCC(CC1=NNC(=O)CON=C(N)c1ccc(F)cc1)C2(C)C. The molecule has 2 saturated carbocycles. The highest BCUT2D eigenvalue weighted by atomic mass is 19.1. The summed E-state index contributed by atoms with van der Waals surface area (Å²) < 4.78 is 12.9. The predicted molar refractivity (Wildman–Crippen MR) is 97.9 cm³/mol. The summed E-state index contributed by atoms with van der Waals surface area (Å²) in [5, 5.41) is 8.04. The Morgan fingerprint density at radius 3 is 2.62 bits per heavy atom. The Balaban J connectivity index is 1.52. The van der Waals surface area contributed by atoms with Gasteiger partial charge in [-0.25, -0.2) is 9.82 Å². The number of hydrogen-bond acceptors (Lipinski definition) is 4. The summed E-state index contributed by atoms with van der Waals surface area (Å²) >= 11 is 0. The molecule has 3 rings (SSSR count). The summed E-state index contributed by atoms with van der Waals surface area (Å²) in [5.74, 6) is -0.0539. The van der Waals surface area contributed by atoms with Crippen molar-refractivity contribution in [1.82, 2.24) is 5.43 Å². The molecule has 2 fully saturated rings. The maximum atomic E-state index is 12.9. The molecule has 140 valence electrons. The number of fused-ring (bicyclic) bond motifs is 2. The van der Waals surface area contributed by atoms with Crippen LogP contribution in [0.15, 0.2) is 34.5 Å². The minimum Gasteiger partial charge on any atom is -0.384 e. The van der Waals surface area contributed by atoms with Gasteiger partial charge >= 0.3 is 0 Å². The second-order valence-corrected chi connectivity index (χ2v) is 7.84. The lowest BCUT2D eigenvalue weighted by molar-refractivity contribution is -0.125. The zero-order valence-electron chi connectivity index (χ0n) is 15.4. The number of oxime groups is 1.